The van der Waals surface area contributed by atoms with Crippen LogP contribution in [-0.2, 0) is 19.4 Å². The Morgan fingerprint density at radius 1 is 1.37 bits per heavy atom. The largest absolute Gasteiger partial charge is 0.324 e. The maximum absolute atomic E-state index is 6.32. The third-order valence-electron chi connectivity index (χ3n) is 3.45. The SMILES string of the molecule is CCc1cc(CC(N)c2cccnc2C)n(CC)n1. The fourth-order valence-corrected chi connectivity index (χ4v) is 2.35. The second kappa shape index (κ2) is 5.97. The highest BCUT2D eigenvalue weighted by Crippen LogP contribution is 2.19. The van der Waals surface area contributed by atoms with Gasteiger partial charge >= 0.3 is 0 Å². The minimum atomic E-state index is -0.0274. The van der Waals surface area contributed by atoms with Gasteiger partial charge in [0.05, 0.1) is 5.69 Å². The van der Waals surface area contributed by atoms with Crippen molar-refractivity contribution in [3.05, 3.63) is 47.0 Å². The summed E-state index contributed by atoms with van der Waals surface area (Å²) in [7, 11) is 0. The van der Waals surface area contributed by atoms with Gasteiger partial charge in [0.15, 0.2) is 0 Å². The van der Waals surface area contributed by atoms with Gasteiger partial charge in [-0.25, -0.2) is 0 Å². The molecule has 0 saturated carbocycles. The van der Waals surface area contributed by atoms with E-state index in [1.807, 2.05) is 17.7 Å². The molecule has 2 heterocycles. The van der Waals surface area contributed by atoms with Gasteiger partial charge in [-0.05, 0) is 38.0 Å². The van der Waals surface area contributed by atoms with Crippen LogP contribution in [0.2, 0.25) is 0 Å². The molecule has 2 N–H and O–H groups in total. The number of rotatable bonds is 5. The molecule has 0 amide bonds. The fraction of sp³-hybridized carbons (Fsp3) is 0.467. The number of nitrogens with two attached hydrogens (primary N) is 1. The van der Waals surface area contributed by atoms with Gasteiger partial charge < -0.3 is 5.73 Å². The van der Waals surface area contributed by atoms with Crippen molar-refractivity contribution in [3.63, 3.8) is 0 Å². The molecule has 1 unspecified atom stereocenters. The predicted molar refractivity (Wildman–Crippen MR) is 76.9 cm³/mol. The fourth-order valence-electron chi connectivity index (χ4n) is 2.35. The second-order valence-electron chi connectivity index (χ2n) is 4.78. The van der Waals surface area contributed by atoms with E-state index in [2.05, 4.69) is 36.1 Å². The number of nitrogens with zero attached hydrogens (tertiary/aromatic N) is 3. The third-order valence-corrected chi connectivity index (χ3v) is 3.45. The Labute approximate surface area is 114 Å². The lowest BCUT2D eigenvalue weighted by molar-refractivity contribution is 0.583. The molecule has 4 heteroatoms. The molecule has 2 aromatic rings. The Morgan fingerprint density at radius 3 is 2.79 bits per heavy atom. The quantitative estimate of drug-likeness (QED) is 0.896. The van der Waals surface area contributed by atoms with Crippen molar-refractivity contribution in [1.29, 1.82) is 0 Å². The Bertz CT molecular complexity index is 545. The van der Waals surface area contributed by atoms with Crippen LogP contribution in [0.4, 0.5) is 0 Å². The van der Waals surface area contributed by atoms with Gasteiger partial charge in [0, 0.05) is 36.6 Å². The standard InChI is InChI=1S/C15H22N4/c1-4-12-9-13(19(5-2)18-12)10-15(16)14-7-6-8-17-11(14)3/h6-9,15H,4-5,10,16H2,1-3H3. The first-order valence-corrected chi connectivity index (χ1v) is 6.88. The Hall–Kier alpha value is -1.68. The van der Waals surface area contributed by atoms with Crippen LogP contribution >= 0.6 is 0 Å². The molecular weight excluding hydrogens is 236 g/mol. The highest BCUT2D eigenvalue weighted by molar-refractivity contribution is 5.24. The number of hydrogen-bond acceptors (Lipinski definition) is 3. The first kappa shape index (κ1) is 13.7. The summed E-state index contributed by atoms with van der Waals surface area (Å²) < 4.78 is 2.05. The van der Waals surface area contributed by atoms with Crippen molar-refractivity contribution in [2.24, 2.45) is 5.73 Å². The number of hydrogen-bond donors (Lipinski definition) is 1. The summed E-state index contributed by atoms with van der Waals surface area (Å²) in [6, 6.07) is 6.13. The summed E-state index contributed by atoms with van der Waals surface area (Å²) in [5, 5.41) is 4.56. The number of aromatic nitrogens is 3. The third kappa shape index (κ3) is 3.01. The van der Waals surface area contributed by atoms with Crippen LogP contribution in [0.5, 0.6) is 0 Å². The molecule has 0 aliphatic rings. The molecule has 1 atom stereocenters. The zero-order chi connectivity index (χ0) is 13.8. The minimum absolute atomic E-state index is 0.0274. The Balaban J connectivity index is 2.21. The predicted octanol–water partition coefficient (Wildman–Crippen LogP) is 2.41. The van der Waals surface area contributed by atoms with Crippen LogP contribution in [0.3, 0.4) is 0 Å². The monoisotopic (exact) mass is 258 g/mol. The van der Waals surface area contributed by atoms with Crippen molar-refractivity contribution in [2.75, 3.05) is 0 Å². The lowest BCUT2D eigenvalue weighted by Crippen LogP contribution is -2.17. The van der Waals surface area contributed by atoms with E-state index in [4.69, 9.17) is 5.73 Å². The van der Waals surface area contributed by atoms with Gasteiger partial charge in [-0.3, -0.25) is 9.67 Å². The zero-order valence-corrected chi connectivity index (χ0v) is 11.9. The topological polar surface area (TPSA) is 56.7 Å². The van der Waals surface area contributed by atoms with Crippen LogP contribution < -0.4 is 5.73 Å². The molecule has 0 spiro atoms. The summed E-state index contributed by atoms with van der Waals surface area (Å²) >= 11 is 0. The van der Waals surface area contributed by atoms with Crippen molar-refractivity contribution < 1.29 is 0 Å². The smallest absolute Gasteiger partial charge is 0.0624 e. The summed E-state index contributed by atoms with van der Waals surface area (Å²) in [6.45, 7) is 7.12. The van der Waals surface area contributed by atoms with E-state index in [9.17, 15) is 0 Å². The molecule has 0 saturated heterocycles. The summed E-state index contributed by atoms with van der Waals surface area (Å²) in [5.41, 5.74) is 10.8. The van der Waals surface area contributed by atoms with Crippen LogP contribution in [0.15, 0.2) is 24.4 Å². The highest BCUT2D eigenvalue weighted by Gasteiger charge is 2.14. The van der Waals surface area contributed by atoms with E-state index >= 15 is 0 Å². The molecule has 0 aromatic carbocycles. The molecule has 0 aliphatic carbocycles. The normalized spacial score (nSPS) is 12.6. The molecule has 4 nitrogen and oxygen atoms in total. The van der Waals surface area contributed by atoms with Crippen molar-refractivity contribution in [3.8, 4) is 0 Å². The Kier molecular flexibility index (Phi) is 4.32. The average Bonchev–Trinajstić information content (AvgIpc) is 2.81. The van der Waals surface area contributed by atoms with E-state index in [-0.39, 0.29) is 6.04 Å². The maximum Gasteiger partial charge on any atom is 0.0624 e. The summed E-state index contributed by atoms with van der Waals surface area (Å²) in [5.74, 6) is 0. The molecule has 0 radical (unpaired) electrons. The van der Waals surface area contributed by atoms with Crippen molar-refractivity contribution >= 4 is 0 Å². The van der Waals surface area contributed by atoms with Crippen molar-refractivity contribution in [2.45, 2.75) is 46.2 Å². The van der Waals surface area contributed by atoms with Gasteiger partial charge in [0.1, 0.15) is 0 Å². The molecule has 0 aliphatic heterocycles. The van der Waals surface area contributed by atoms with Crippen LogP contribution in [0.25, 0.3) is 0 Å². The molecule has 0 bridgehead atoms. The van der Waals surface area contributed by atoms with Gasteiger partial charge in [-0.1, -0.05) is 13.0 Å². The van der Waals surface area contributed by atoms with Crippen LogP contribution in [0.1, 0.15) is 42.5 Å². The van der Waals surface area contributed by atoms with Crippen molar-refractivity contribution in [1.82, 2.24) is 14.8 Å². The average molecular weight is 258 g/mol. The van der Waals surface area contributed by atoms with E-state index in [1.165, 1.54) is 5.69 Å². The summed E-state index contributed by atoms with van der Waals surface area (Å²) in [6.07, 6.45) is 3.56. The molecule has 19 heavy (non-hydrogen) atoms. The van der Waals surface area contributed by atoms with Gasteiger partial charge in [-0.15, -0.1) is 0 Å². The Morgan fingerprint density at radius 2 is 2.16 bits per heavy atom. The lowest BCUT2D eigenvalue weighted by atomic mass is 10.0. The van der Waals surface area contributed by atoms with E-state index in [0.717, 1.165) is 36.3 Å². The van der Waals surface area contributed by atoms with Gasteiger partial charge in [0.2, 0.25) is 0 Å². The molecule has 0 fully saturated rings. The maximum atomic E-state index is 6.32. The number of pyridine rings is 1. The molecule has 2 aromatic heterocycles. The van der Waals surface area contributed by atoms with E-state index in [1.54, 1.807) is 6.20 Å². The van der Waals surface area contributed by atoms with E-state index < -0.39 is 0 Å². The summed E-state index contributed by atoms with van der Waals surface area (Å²) in [4.78, 5) is 4.30. The second-order valence-corrected chi connectivity index (χ2v) is 4.78. The van der Waals surface area contributed by atoms with Gasteiger partial charge in [-0.2, -0.15) is 5.10 Å². The molecule has 2 rings (SSSR count). The van der Waals surface area contributed by atoms with Crippen LogP contribution in [0, 0.1) is 6.92 Å². The van der Waals surface area contributed by atoms with E-state index in [0.29, 0.717) is 0 Å². The van der Waals surface area contributed by atoms with Crippen LogP contribution in [-0.4, -0.2) is 14.8 Å². The molecular formula is C15H22N4. The van der Waals surface area contributed by atoms with Gasteiger partial charge in [0.25, 0.3) is 0 Å². The number of aryl methyl sites for hydroxylation is 3. The minimum Gasteiger partial charge on any atom is -0.324 e. The molecule has 102 valence electrons. The lowest BCUT2D eigenvalue weighted by Gasteiger charge is -2.14. The highest BCUT2D eigenvalue weighted by atomic mass is 15.3. The first-order chi connectivity index (χ1) is 9.15. The first-order valence-electron chi connectivity index (χ1n) is 6.88. The zero-order valence-electron chi connectivity index (χ0n) is 11.9.